The van der Waals surface area contributed by atoms with Gasteiger partial charge in [-0.25, -0.2) is 0 Å². The molecule has 5 heteroatoms. The van der Waals surface area contributed by atoms with Crippen LogP contribution in [-0.4, -0.2) is 38.3 Å². The van der Waals surface area contributed by atoms with Crippen molar-refractivity contribution in [1.82, 2.24) is 5.32 Å². The molecule has 0 aliphatic carbocycles. The van der Waals surface area contributed by atoms with E-state index in [-0.39, 0.29) is 5.91 Å². The molecule has 1 aliphatic heterocycles. The smallest absolute Gasteiger partial charge is 0.254 e. The van der Waals surface area contributed by atoms with Gasteiger partial charge in [0.2, 0.25) is 0 Å². The second-order valence-electron chi connectivity index (χ2n) is 5.61. The molecule has 21 heavy (non-hydrogen) atoms. The summed E-state index contributed by atoms with van der Waals surface area (Å²) in [5.74, 6) is 1.34. The molecule has 1 fully saturated rings. The van der Waals surface area contributed by atoms with E-state index in [1.165, 1.54) is 0 Å². The van der Waals surface area contributed by atoms with Gasteiger partial charge in [0.1, 0.15) is 11.9 Å². The molecule has 1 saturated heterocycles. The molecule has 1 aliphatic rings. The van der Waals surface area contributed by atoms with E-state index in [2.05, 4.69) is 24.5 Å². The van der Waals surface area contributed by atoms with Crippen LogP contribution in [0.1, 0.15) is 20.3 Å². The standard InChI is InChI=1S/C16H24N2O3/c1-12(2)7-9-20-14-5-3-13(4-6-14)18-16(19)15-11-17-8-10-21-15/h3-6,12,15,17H,7-11H2,1-2H3,(H,18,19). The van der Waals surface area contributed by atoms with Gasteiger partial charge >= 0.3 is 0 Å². The van der Waals surface area contributed by atoms with E-state index in [1.54, 1.807) is 0 Å². The van der Waals surface area contributed by atoms with Crippen LogP contribution in [-0.2, 0) is 9.53 Å². The Labute approximate surface area is 126 Å². The van der Waals surface area contributed by atoms with E-state index in [4.69, 9.17) is 9.47 Å². The minimum atomic E-state index is -0.416. The molecule has 2 rings (SSSR count). The van der Waals surface area contributed by atoms with Crippen LogP contribution in [0.25, 0.3) is 0 Å². The molecule has 1 atom stereocenters. The van der Waals surface area contributed by atoms with Crippen LogP contribution in [0.3, 0.4) is 0 Å². The molecule has 2 N–H and O–H groups in total. The lowest BCUT2D eigenvalue weighted by atomic mass is 10.1. The Morgan fingerprint density at radius 3 is 2.81 bits per heavy atom. The van der Waals surface area contributed by atoms with E-state index < -0.39 is 6.10 Å². The van der Waals surface area contributed by atoms with E-state index >= 15 is 0 Å². The van der Waals surface area contributed by atoms with Gasteiger partial charge in [-0.15, -0.1) is 0 Å². The third-order valence-electron chi connectivity index (χ3n) is 3.31. The topological polar surface area (TPSA) is 59.6 Å². The predicted molar refractivity (Wildman–Crippen MR) is 82.6 cm³/mol. The first kappa shape index (κ1) is 15.8. The fourth-order valence-corrected chi connectivity index (χ4v) is 2.00. The number of carbonyl (C=O) groups excluding carboxylic acids is 1. The summed E-state index contributed by atoms with van der Waals surface area (Å²) in [6, 6.07) is 7.43. The van der Waals surface area contributed by atoms with Crippen molar-refractivity contribution in [3.05, 3.63) is 24.3 Å². The van der Waals surface area contributed by atoms with Crippen molar-refractivity contribution in [3.8, 4) is 5.75 Å². The zero-order chi connectivity index (χ0) is 15.1. The molecule has 0 saturated carbocycles. The van der Waals surface area contributed by atoms with Crippen LogP contribution in [0.15, 0.2) is 24.3 Å². The highest BCUT2D eigenvalue weighted by atomic mass is 16.5. The summed E-state index contributed by atoms with van der Waals surface area (Å²) in [6.07, 6.45) is 0.616. The summed E-state index contributed by atoms with van der Waals surface area (Å²) in [6.45, 7) is 6.98. The number of morpholine rings is 1. The number of hydrogen-bond acceptors (Lipinski definition) is 4. The largest absolute Gasteiger partial charge is 0.494 e. The number of hydrogen-bond donors (Lipinski definition) is 2. The van der Waals surface area contributed by atoms with Crippen molar-refractivity contribution in [1.29, 1.82) is 0 Å². The number of rotatable bonds is 6. The molecular formula is C16H24N2O3. The molecule has 1 aromatic carbocycles. The van der Waals surface area contributed by atoms with Crippen LogP contribution in [0.4, 0.5) is 5.69 Å². The molecule has 5 nitrogen and oxygen atoms in total. The fraction of sp³-hybridized carbons (Fsp3) is 0.562. The summed E-state index contributed by atoms with van der Waals surface area (Å²) < 4.78 is 11.1. The van der Waals surface area contributed by atoms with Crippen LogP contribution in [0.2, 0.25) is 0 Å². The average molecular weight is 292 g/mol. The Morgan fingerprint density at radius 1 is 1.43 bits per heavy atom. The van der Waals surface area contributed by atoms with Gasteiger partial charge in [-0.05, 0) is 36.6 Å². The summed E-state index contributed by atoms with van der Waals surface area (Å²) >= 11 is 0. The highest BCUT2D eigenvalue weighted by molar-refractivity contribution is 5.94. The van der Waals surface area contributed by atoms with Crippen LogP contribution in [0, 0.1) is 5.92 Å². The van der Waals surface area contributed by atoms with Crippen LogP contribution in [0.5, 0.6) is 5.75 Å². The maximum absolute atomic E-state index is 12.0. The number of anilines is 1. The Bertz CT molecular complexity index is 439. The molecule has 0 aromatic heterocycles. The van der Waals surface area contributed by atoms with Gasteiger partial charge in [-0.2, -0.15) is 0 Å². The van der Waals surface area contributed by atoms with Crippen molar-refractivity contribution in [3.63, 3.8) is 0 Å². The summed E-state index contributed by atoms with van der Waals surface area (Å²) in [5.41, 5.74) is 0.755. The normalized spacial score (nSPS) is 18.5. The second-order valence-corrected chi connectivity index (χ2v) is 5.61. The highest BCUT2D eigenvalue weighted by Gasteiger charge is 2.21. The number of amides is 1. The lowest BCUT2D eigenvalue weighted by Gasteiger charge is -2.22. The molecule has 1 amide bonds. The van der Waals surface area contributed by atoms with Crippen LogP contribution >= 0.6 is 0 Å². The molecule has 116 valence electrons. The molecular weight excluding hydrogens is 268 g/mol. The van der Waals surface area contributed by atoms with Gasteiger partial charge in [0.05, 0.1) is 13.2 Å². The van der Waals surface area contributed by atoms with E-state index in [9.17, 15) is 4.79 Å². The highest BCUT2D eigenvalue weighted by Crippen LogP contribution is 2.17. The van der Waals surface area contributed by atoms with Crippen molar-refractivity contribution in [2.75, 3.05) is 31.6 Å². The minimum absolute atomic E-state index is 0.115. The van der Waals surface area contributed by atoms with Gasteiger partial charge in [-0.1, -0.05) is 13.8 Å². The maximum Gasteiger partial charge on any atom is 0.254 e. The quantitative estimate of drug-likeness (QED) is 0.842. The third kappa shape index (κ3) is 5.36. The van der Waals surface area contributed by atoms with E-state index in [1.807, 2.05) is 24.3 Å². The number of nitrogens with one attached hydrogen (secondary N) is 2. The molecule has 0 spiro atoms. The summed E-state index contributed by atoms with van der Waals surface area (Å²) in [4.78, 5) is 12.0. The lowest BCUT2D eigenvalue weighted by molar-refractivity contribution is -0.128. The number of benzene rings is 1. The zero-order valence-electron chi connectivity index (χ0n) is 12.7. The van der Waals surface area contributed by atoms with Gasteiger partial charge < -0.3 is 20.1 Å². The molecule has 0 bridgehead atoms. The van der Waals surface area contributed by atoms with Gasteiger partial charge in [-0.3, -0.25) is 4.79 Å². The second kappa shape index (κ2) is 8.00. The minimum Gasteiger partial charge on any atom is -0.494 e. The van der Waals surface area contributed by atoms with Crippen molar-refractivity contribution in [2.45, 2.75) is 26.4 Å². The van der Waals surface area contributed by atoms with Crippen LogP contribution < -0.4 is 15.4 Å². The average Bonchev–Trinajstić information content (AvgIpc) is 2.49. The van der Waals surface area contributed by atoms with Crippen molar-refractivity contribution < 1.29 is 14.3 Å². The Morgan fingerprint density at radius 2 is 2.19 bits per heavy atom. The van der Waals surface area contributed by atoms with Crippen molar-refractivity contribution in [2.24, 2.45) is 5.92 Å². The predicted octanol–water partition coefficient (Wildman–Crippen LogP) is 2.04. The molecule has 0 radical (unpaired) electrons. The maximum atomic E-state index is 12.0. The monoisotopic (exact) mass is 292 g/mol. The Hall–Kier alpha value is -1.59. The van der Waals surface area contributed by atoms with Gasteiger partial charge in [0.25, 0.3) is 5.91 Å². The zero-order valence-corrected chi connectivity index (χ0v) is 12.7. The summed E-state index contributed by atoms with van der Waals surface area (Å²) in [7, 11) is 0. The molecule has 1 heterocycles. The molecule has 1 aromatic rings. The Balaban J connectivity index is 1.80. The number of ether oxygens (including phenoxy) is 2. The van der Waals surface area contributed by atoms with Gasteiger partial charge in [0.15, 0.2) is 0 Å². The first-order valence-electron chi connectivity index (χ1n) is 7.51. The van der Waals surface area contributed by atoms with E-state index in [0.717, 1.165) is 24.4 Å². The lowest BCUT2D eigenvalue weighted by Crippen LogP contribution is -2.45. The first-order chi connectivity index (χ1) is 10.1. The van der Waals surface area contributed by atoms with Crippen molar-refractivity contribution >= 4 is 11.6 Å². The SMILES string of the molecule is CC(C)CCOc1ccc(NC(=O)C2CNCCO2)cc1. The summed E-state index contributed by atoms with van der Waals surface area (Å²) in [5, 5.41) is 5.99. The van der Waals surface area contributed by atoms with Gasteiger partial charge in [0, 0.05) is 18.8 Å². The number of carbonyl (C=O) groups is 1. The third-order valence-corrected chi connectivity index (χ3v) is 3.31. The Kier molecular flexibility index (Phi) is 6.02. The van der Waals surface area contributed by atoms with E-state index in [0.29, 0.717) is 25.7 Å². The molecule has 1 unspecified atom stereocenters. The fourth-order valence-electron chi connectivity index (χ4n) is 2.00. The first-order valence-corrected chi connectivity index (χ1v) is 7.51.